The van der Waals surface area contributed by atoms with Gasteiger partial charge in [0.2, 0.25) is 0 Å². The average Bonchev–Trinajstić information content (AvgIpc) is 2.99. The lowest BCUT2D eigenvalue weighted by Gasteiger charge is -2.19. The fourth-order valence-electron chi connectivity index (χ4n) is 2.89. The topological polar surface area (TPSA) is 89.5 Å². The molecule has 0 saturated carbocycles. The number of benzene rings is 2. The molecule has 2 aromatic carbocycles. The van der Waals surface area contributed by atoms with Crippen LogP contribution in [0, 0.1) is 20.2 Å². The Bertz CT molecular complexity index is 738. The molecule has 0 spiro atoms. The van der Waals surface area contributed by atoms with E-state index >= 15 is 0 Å². The molecule has 0 amide bonds. The van der Waals surface area contributed by atoms with E-state index in [1.807, 2.05) is 0 Å². The molecule has 3 rings (SSSR count). The highest BCUT2D eigenvalue weighted by molar-refractivity contribution is 6.05. The molecule has 0 unspecified atom stereocenters. The minimum absolute atomic E-state index is 0.0851. The van der Waals surface area contributed by atoms with Gasteiger partial charge in [0.25, 0.3) is 11.4 Å². The first kappa shape index (κ1) is 13.3. The second-order valence-corrected chi connectivity index (χ2v) is 5.01. The largest absolute Gasteiger partial charge is 0.371 e. The van der Waals surface area contributed by atoms with E-state index in [1.54, 1.807) is 12.1 Å². The third kappa shape index (κ3) is 2.16. The van der Waals surface area contributed by atoms with Gasteiger partial charge in [-0.1, -0.05) is 6.07 Å². The molecule has 0 atom stereocenters. The van der Waals surface area contributed by atoms with Crippen LogP contribution < -0.4 is 4.90 Å². The van der Waals surface area contributed by atoms with Crippen LogP contribution in [0.5, 0.6) is 0 Å². The summed E-state index contributed by atoms with van der Waals surface area (Å²) < 4.78 is 0. The van der Waals surface area contributed by atoms with Crippen molar-refractivity contribution in [1.29, 1.82) is 0 Å². The fourth-order valence-corrected chi connectivity index (χ4v) is 2.89. The average molecular weight is 287 g/mol. The summed E-state index contributed by atoms with van der Waals surface area (Å²) in [5.74, 6) is 0. The summed E-state index contributed by atoms with van der Waals surface area (Å²) in [6.07, 6.45) is 2.05. The predicted octanol–water partition coefficient (Wildman–Crippen LogP) is 3.26. The molecule has 0 bridgehead atoms. The molecule has 1 aliphatic rings. The van der Waals surface area contributed by atoms with Gasteiger partial charge in [-0.2, -0.15) is 0 Å². The van der Waals surface area contributed by atoms with Gasteiger partial charge in [0.05, 0.1) is 26.3 Å². The van der Waals surface area contributed by atoms with Gasteiger partial charge >= 0.3 is 0 Å². The van der Waals surface area contributed by atoms with Crippen molar-refractivity contribution in [1.82, 2.24) is 0 Å². The zero-order valence-corrected chi connectivity index (χ0v) is 11.2. The highest BCUT2D eigenvalue weighted by atomic mass is 16.6. The molecule has 0 aliphatic carbocycles. The summed E-state index contributed by atoms with van der Waals surface area (Å²) in [5, 5.41) is 23.1. The second-order valence-electron chi connectivity index (χ2n) is 5.01. The number of hydrogen-bond acceptors (Lipinski definition) is 5. The van der Waals surface area contributed by atoms with Crippen LogP contribution in [0.15, 0.2) is 30.3 Å². The van der Waals surface area contributed by atoms with Gasteiger partial charge in [0, 0.05) is 25.2 Å². The highest BCUT2D eigenvalue weighted by Gasteiger charge is 2.25. The summed E-state index contributed by atoms with van der Waals surface area (Å²) in [6, 6.07) is 7.51. The van der Waals surface area contributed by atoms with E-state index in [-0.39, 0.29) is 11.4 Å². The molecule has 1 heterocycles. The molecule has 0 aromatic heterocycles. The molecule has 21 heavy (non-hydrogen) atoms. The van der Waals surface area contributed by atoms with Crippen LogP contribution >= 0.6 is 0 Å². The Morgan fingerprint density at radius 3 is 2.19 bits per heavy atom. The summed E-state index contributed by atoms with van der Waals surface area (Å²) in [4.78, 5) is 23.5. The number of rotatable bonds is 3. The van der Waals surface area contributed by atoms with E-state index in [0.717, 1.165) is 25.9 Å². The number of fused-ring (bicyclic) bond motifs is 1. The molecule has 0 radical (unpaired) electrons. The summed E-state index contributed by atoms with van der Waals surface area (Å²) >= 11 is 0. The van der Waals surface area contributed by atoms with E-state index < -0.39 is 9.85 Å². The van der Waals surface area contributed by atoms with Crippen LogP contribution in [0.4, 0.5) is 17.1 Å². The van der Waals surface area contributed by atoms with E-state index in [9.17, 15) is 20.2 Å². The van der Waals surface area contributed by atoms with Gasteiger partial charge < -0.3 is 4.90 Å². The lowest BCUT2D eigenvalue weighted by Crippen LogP contribution is -2.18. The minimum Gasteiger partial charge on any atom is -0.371 e. The first-order valence-electron chi connectivity index (χ1n) is 6.69. The molecule has 1 aliphatic heterocycles. The summed E-state index contributed by atoms with van der Waals surface area (Å²) in [6.45, 7) is 1.64. The highest BCUT2D eigenvalue weighted by Crippen LogP contribution is 2.40. The smallest absolute Gasteiger partial charge is 0.279 e. The Hall–Kier alpha value is -2.70. The number of nitrogens with zero attached hydrogens (tertiary/aromatic N) is 3. The van der Waals surface area contributed by atoms with E-state index in [2.05, 4.69) is 4.90 Å². The van der Waals surface area contributed by atoms with Crippen molar-refractivity contribution in [2.45, 2.75) is 12.8 Å². The molecule has 1 saturated heterocycles. The van der Waals surface area contributed by atoms with Crippen molar-refractivity contribution in [2.75, 3.05) is 18.0 Å². The Balaban J connectivity index is 2.35. The van der Waals surface area contributed by atoms with Gasteiger partial charge in [-0.15, -0.1) is 0 Å². The lowest BCUT2D eigenvalue weighted by molar-refractivity contribution is -0.384. The molecule has 7 heteroatoms. The molecule has 1 fully saturated rings. The lowest BCUT2D eigenvalue weighted by atomic mass is 10.0. The first-order chi connectivity index (χ1) is 10.1. The second kappa shape index (κ2) is 5.01. The van der Waals surface area contributed by atoms with Gasteiger partial charge in [-0.05, 0) is 25.0 Å². The number of nitro benzene ring substituents is 2. The molecule has 2 aromatic rings. The van der Waals surface area contributed by atoms with Gasteiger partial charge in [-0.25, -0.2) is 0 Å². The van der Waals surface area contributed by atoms with Crippen LogP contribution in [0.3, 0.4) is 0 Å². The number of nitro groups is 2. The third-order valence-corrected chi connectivity index (χ3v) is 3.81. The molecular weight excluding hydrogens is 274 g/mol. The molecular formula is C14H13N3O4. The Labute approximate surface area is 120 Å². The molecule has 0 N–H and O–H groups in total. The van der Waals surface area contributed by atoms with Crippen molar-refractivity contribution >= 4 is 27.8 Å². The summed E-state index contributed by atoms with van der Waals surface area (Å²) in [5.41, 5.74) is 0.523. The fraction of sp³-hybridized carbons (Fsp3) is 0.286. The van der Waals surface area contributed by atoms with Crippen LogP contribution in [0.1, 0.15) is 12.8 Å². The maximum Gasteiger partial charge on any atom is 0.279 e. The Morgan fingerprint density at radius 2 is 1.57 bits per heavy atom. The van der Waals surface area contributed by atoms with Crippen LogP contribution in [-0.2, 0) is 0 Å². The number of non-ortho nitro benzene ring substituents is 2. The van der Waals surface area contributed by atoms with E-state index in [0.29, 0.717) is 16.5 Å². The van der Waals surface area contributed by atoms with Crippen molar-refractivity contribution in [3.63, 3.8) is 0 Å². The third-order valence-electron chi connectivity index (χ3n) is 3.81. The Kier molecular flexibility index (Phi) is 3.17. The van der Waals surface area contributed by atoms with Gasteiger partial charge in [0.15, 0.2) is 0 Å². The van der Waals surface area contributed by atoms with Crippen LogP contribution in [0.25, 0.3) is 10.8 Å². The standard InChI is InChI=1S/C14H13N3O4/c18-16(19)11-6-7-12(15-8-1-2-9-15)14-10(11)4-3-5-13(14)17(20)21/h3-7H,1-2,8-9H2. The van der Waals surface area contributed by atoms with Crippen molar-refractivity contribution in [3.8, 4) is 0 Å². The van der Waals surface area contributed by atoms with Gasteiger partial charge in [-0.3, -0.25) is 20.2 Å². The maximum atomic E-state index is 11.3. The van der Waals surface area contributed by atoms with Crippen LogP contribution in [-0.4, -0.2) is 22.9 Å². The minimum atomic E-state index is -0.500. The van der Waals surface area contributed by atoms with E-state index in [1.165, 1.54) is 18.2 Å². The van der Waals surface area contributed by atoms with Gasteiger partial charge in [0.1, 0.15) is 0 Å². The maximum absolute atomic E-state index is 11.3. The normalized spacial score (nSPS) is 14.6. The zero-order valence-electron chi connectivity index (χ0n) is 11.2. The van der Waals surface area contributed by atoms with Crippen molar-refractivity contribution in [2.24, 2.45) is 0 Å². The SMILES string of the molecule is O=[N+]([O-])c1ccc(N2CCCC2)c2c([N+](=O)[O-])cccc12. The quantitative estimate of drug-likeness (QED) is 0.638. The monoisotopic (exact) mass is 287 g/mol. The van der Waals surface area contributed by atoms with E-state index in [4.69, 9.17) is 0 Å². The number of anilines is 1. The number of hydrogen-bond donors (Lipinski definition) is 0. The van der Waals surface area contributed by atoms with Crippen molar-refractivity contribution in [3.05, 3.63) is 50.6 Å². The Morgan fingerprint density at radius 1 is 0.905 bits per heavy atom. The van der Waals surface area contributed by atoms with Crippen molar-refractivity contribution < 1.29 is 9.85 Å². The zero-order chi connectivity index (χ0) is 15.0. The molecule has 7 nitrogen and oxygen atoms in total. The van der Waals surface area contributed by atoms with Crippen LogP contribution in [0.2, 0.25) is 0 Å². The molecule has 108 valence electrons. The first-order valence-corrected chi connectivity index (χ1v) is 6.69. The predicted molar refractivity (Wildman–Crippen MR) is 78.7 cm³/mol. The summed E-state index contributed by atoms with van der Waals surface area (Å²) in [7, 11) is 0.